The van der Waals surface area contributed by atoms with Crippen molar-refractivity contribution in [1.29, 1.82) is 0 Å². The fourth-order valence-electron chi connectivity index (χ4n) is 1.80. The summed E-state index contributed by atoms with van der Waals surface area (Å²) in [7, 11) is 1.20. The Labute approximate surface area is 123 Å². The summed E-state index contributed by atoms with van der Waals surface area (Å²) in [6.45, 7) is 0. The largest absolute Gasteiger partial charge is 0.573 e. The lowest BCUT2D eigenvalue weighted by atomic mass is 10.0. The van der Waals surface area contributed by atoms with E-state index < -0.39 is 18.1 Å². The number of anilines is 1. The average Bonchev–Trinajstić information content (AvgIpc) is 2.45. The van der Waals surface area contributed by atoms with Crippen molar-refractivity contribution in [2.45, 2.75) is 6.36 Å². The number of benzene rings is 1. The Hall–Kier alpha value is -2.77. The number of methoxy groups -OCH3 is 1. The number of ether oxygens (including phenoxy) is 2. The van der Waals surface area contributed by atoms with Crippen LogP contribution >= 0.6 is 0 Å². The summed E-state index contributed by atoms with van der Waals surface area (Å²) < 4.78 is 45.2. The van der Waals surface area contributed by atoms with Gasteiger partial charge < -0.3 is 15.2 Å². The molecule has 5 nitrogen and oxygen atoms in total. The molecular formula is C14H11F3N2O3. The number of nitrogens with zero attached hydrogens (tertiary/aromatic N) is 1. The number of esters is 1. The molecule has 0 saturated heterocycles. The van der Waals surface area contributed by atoms with Crippen LogP contribution < -0.4 is 10.5 Å². The van der Waals surface area contributed by atoms with Crippen LogP contribution in [-0.2, 0) is 4.74 Å². The van der Waals surface area contributed by atoms with Gasteiger partial charge in [-0.25, -0.2) is 9.78 Å². The molecule has 2 rings (SSSR count). The Morgan fingerprint density at radius 2 is 2.00 bits per heavy atom. The Kier molecular flexibility index (Phi) is 4.20. The van der Waals surface area contributed by atoms with Gasteiger partial charge in [-0.1, -0.05) is 12.1 Å². The van der Waals surface area contributed by atoms with Gasteiger partial charge in [-0.05, 0) is 23.8 Å². The zero-order valence-corrected chi connectivity index (χ0v) is 11.3. The summed E-state index contributed by atoms with van der Waals surface area (Å²) in [5.41, 5.74) is 6.48. The van der Waals surface area contributed by atoms with E-state index in [0.29, 0.717) is 11.1 Å². The van der Waals surface area contributed by atoms with E-state index in [4.69, 9.17) is 5.73 Å². The first kappa shape index (κ1) is 15.6. The standard InChI is InChI=1S/C14H11F3N2O3/c1-21-13(20)9-6-11(12(18)19-7-9)8-3-2-4-10(5-8)22-14(15,16)17/h2-7H,1H3,(H2,18,19). The Morgan fingerprint density at radius 3 is 2.64 bits per heavy atom. The molecule has 0 radical (unpaired) electrons. The highest BCUT2D eigenvalue weighted by atomic mass is 19.4. The third-order valence-electron chi connectivity index (χ3n) is 2.72. The molecule has 0 bridgehead atoms. The summed E-state index contributed by atoms with van der Waals surface area (Å²) in [4.78, 5) is 15.3. The minimum Gasteiger partial charge on any atom is -0.465 e. The van der Waals surface area contributed by atoms with Crippen LogP contribution in [0.5, 0.6) is 5.75 Å². The molecule has 0 spiro atoms. The maximum absolute atomic E-state index is 12.3. The number of halogens is 3. The van der Waals surface area contributed by atoms with Gasteiger partial charge in [0.25, 0.3) is 0 Å². The van der Waals surface area contributed by atoms with Crippen molar-refractivity contribution in [3.63, 3.8) is 0 Å². The lowest BCUT2D eigenvalue weighted by molar-refractivity contribution is -0.274. The van der Waals surface area contributed by atoms with Crippen LogP contribution in [0.1, 0.15) is 10.4 Å². The molecule has 1 heterocycles. The van der Waals surface area contributed by atoms with Gasteiger partial charge in [0.2, 0.25) is 0 Å². The highest BCUT2D eigenvalue weighted by Crippen LogP contribution is 2.30. The van der Waals surface area contributed by atoms with Gasteiger partial charge in [-0.15, -0.1) is 13.2 Å². The second kappa shape index (κ2) is 5.92. The van der Waals surface area contributed by atoms with Crippen molar-refractivity contribution in [3.8, 4) is 16.9 Å². The second-order valence-electron chi connectivity index (χ2n) is 4.22. The van der Waals surface area contributed by atoms with Gasteiger partial charge in [-0.2, -0.15) is 0 Å². The van der Waals surface area contributed by atoms with Gasteiger partial charge >= 0.3 is 12.3 Å². The van der Waals surface area contributed by atoms with E-state index in [1.807, 2.05) is 0 Å². The van der Waals surface area contributed by atoms with Crippen molar-refractivity contribution >= 4 is 11.8 Å². The zero-order valence-electron chi connectivity index (χ0n) is 11.3. The van der Waals surface area contributed by atoms with Crippen LogP contribution in [0.25, 0.3) is 11.1 Å². The molecule has 22 heavy (non-hydrogen) atoms. The number of rotatable bonds is 3. The molecular weight excluding hydrogens is 301 g/mol. The number of carbonyl (C=O) groups excluding carboxylic acids is 1. The van der Waals surface area contributed by atoms with Crippen LogP contribution in [0, 0.1) is 0 Å². The van der Waals surface area contributed by atoms with E-state index in [1.54, 1.807) is 0 Å². The molecule has 0 saturated carbocycles. The summed E-state index contributed by atoms with van der Waals surface area (Å²) in [5.74, 6) is -0.957. The van der Waals surface area contributed by atoms with Gasteiger partial charge in [-0.3, -0.25) is 0 Å². The smallest absolute Gasteiger partial charge is 0.465 e. The van der Waals surface area contributed by atoms with Gasteiger partial charge in [0.15, 0.2) is 0 Å². The van der Waals surface area contributed by atoms with E-state index in [1.165, 1.54) is 31.5 Å². The van der Waals surface area contributed by atoms with Crippen LogP contribution in [-0.4, -0.2) is 24.4 Å². The maximum atomic E-state index is 12.3. The number of pyridine rings is 1. The molecule has 0 amide bonds. The van der Waals surface area contributed by atoms with E-state index in [9.17, 15) is 18.0 Å². The topological polar surface area (TPSA) is 74.4 Å². The molecule has 0 unspecified atom stereocenters. The van der Waals surface area contributed by atoms with Crippen LogP contribution in [0.15, 0.2) is 36.5 Å². The molecule has 0 aliphatic carbocycles. The maximum Gasteiger partial charge on any atom is 0.573 e. The summed E-state index contributed by atoms with van der Waals surface area (Å²) in [6.07, 6.45) is -3.57. The first-order valence-corrected chi connectivity index (χ1v) is 6.00. The molecule has 8 heteroatoms. The van der Waals surface area contributed by atoms with Crippen LogP contribution in [0.2, 0.25) is 0 Å². The van der Waals surface area contributed by atoms with E-state index >= 15 is 0 Å². The molecule has 2 aromatic rings. The lowest BCUT2D eigenvalue weighted by Crippen LogP contribution is -2.17. The van der Waals surface area contributed by atoms with Crippen molar-refractivity contribution in [3.05, 3.63) is 42.1 Å². The Morgan fingerprint density at radius 1 is 1.27 bits per heavy atom. The Bertz CT molecular complexity index is 702. The molecule has 116 valence electrons. The zero-order chi connectivity index (χ0) is 16.3. The summed E-state index contributed by atoms with van der Waals surface area (Å²) >= 11 is 0. The molecule has 0 aliphatic heterocycles. The predicted octanol–water partition coefficient (Wildman–Crippen LogP) is 3.02. The highest BCUT2D eigenvalue weighted by Gasteiger charge is 2.31. The number of alkyl halides is 3. The Balaban J connectivity index is 2.43. The molecule has 1 aromatic heterocycles. The molecule has 1 aromatic carbocycles. The van der Waals surface area contributed by atoms with Crippen LogP contribution in [0.4, 0.5) is 19.0 Å². The average molecular weight is 312 g/mol. The molecule has 2 N–H and O–H groups in total. The third-order valence-corrected chi connectivity index (χ3v) is 2.72. The number of aromatic nitrogens is 1. The van der Waals surface area contributed by atoms with Gasteiger partial charge in [0, 0.05) is 11.8 Å². The molecule has 0 aliphatic rings. The summed E-state index contributed by atoms with van der Waals surface area (Å²) in [5, 5.41) is 0. The van der Waals surface area contributed by atoms with E-state index in [2.05, 4.69) is 14.5 Å². The fraction of sp³-hybridized carbons (Fsp3) is 0.143. The summed E-state index contributed by atoms with van der Waals surface area (Å²) in [6, 6.07) is 6.60. The normalized spacial score (nSPS) is 11.1. The number of nitrogen functional groups attached to an aromatic ring is 1. The number of hydrogen-bond donors (Lipinski definition) is 1. The minimum atomic E-state index is -4.80. The number of carbonyl (C=O) groups is 1. The predicted molar refractivity (Wildman–Crippen MR) is 72.1 cm³/mol. The van der Waals surface area contributed by atoms with Crippen molar-refractivity contribution < 1.29 is 27.4 Å². The van der Waals surface area contributed by atoms with Gasteiger partial charge in [0.05, 0.1) is 12.7 Å². The van der Waals surface area contributed by atoms with Crippen LogP contribution in [0.3, 0.4) is 0 Å². The molecule has 0 fully saturated rings. The SMILES string of the molecule is COC(=O)c1cnc(N)c(-c2cccc(OC(F)(F)F)c2)c1. The fourth-order valence-corrected chi connectivity index (χ4v) is 1.80. The van der Waals surface area contributed by atoms with Crippen molar-refractivity contribution in [2.75, 3.05) is 12.8 Å². The van der Waals surface area contributed by atoms with E-state index in [0.717, 1.165) is 12.1 Å². The monoisotopic (exact) mass is 312 g/mol. The lowest BCUT2D eigenvalue weighted by Gasteiger charge is -2.11. The quantitative estimate of drug-likeness (QED) is 0.882. The first-order chi connectivity index (χ1) is 10.3. The number of hydrogen-bond acceptors (Lipinski definition) is 5. The van der Waals surface area contributed by atoms with Gasteiger partial charge in [0.1, 0.15) is 11.6 Å². The molecule has 0 atom stereocenters. The van der Waals surface area contributed by atoms with Crippen molar-refractivity contribution in [2.24, 2.45) is 0 Å². The number of nitrogens with two attached hydrogens (primary N) is 1. The van der Waals surface area contributed by atoms with Crippen molar-refractivity contribution in [1.82, 2.24) is 4.98 Å². The minimum absolute atomic E-state index is 0.0665. The van der Waals surface area contributed by atoms with E-state index in [-0.39, 0.29) is 11.4 Å². The third kappa shape index (κ3) is 3.66. The second-order valence-corrected chi connectivity index (χ2v) is 4.22. The first-order valence-electron chi connectivity index (χ1n) is 6.00. The highest BCUT2D eigenvalue weighted by molar-refractivity contribution is 5.92.